The molecular weight excluding hydrogens is 410 g/mol. The highest BCUT2D eigenvalue weighted by Gasteiger charge is 2.13. The fraction of sp³-hybridized carbons (Fsp3) is 0.318. The summed E-state index contributed by atoms with van der Waals surface area (Å²) >= 11 is 5.98. The van der Waals surface area contributed by atoms with Crippen molar-refractivity contribution in [1.29, 1.82) is 0 Å². The van der Waals surface area contributed by atoms with Crippen molar-refractivity contribution in [3.8, 4) is 11.5 Å². The molecule has 2 aromatic carbocycles. The molecule has 0 aliphatic rings. The summed E-state index contributed by atoms with van der Waals surface area (Å²) in [5, 5.41) is 2.74. The second-order valence-corrected chi connectivity index (χ2v) is 6.75. The molecule has 0 radical (unpaired) electrons. The van der Waals surface area contributed by atoms with Gasteiger partial charge in [-0.05, 0) is 48.9 Å². The molecule has 1 amide bonds. The number of nitrogens with one attached hydrogen (secondary N) is 1. The Morgan fingerprint density at radius 3 is 2.37 bits per heavy atom. The molecule has 8 heteroatoms. The third-order valence-corrected chi connectivity index (χ3v) is 4.41. The van der Waals surface area contributed by atoms with Gasteiger partial charge in [-0.3, -0.25) is 14.4 Å². The summed E-state index contributed by atoms with van der Waals surface area (Å²) in [4.78, 5) is 36.1. The Hall–Kier alpha value is -3.06. The van der Waals surface area contributed by atoms with Crippen molar-refractivity contribution < 1.29 is 28.6 Å². The number of benzene rings is 2. The number of hydrogen-bond acceptors (Lipinski definition) is 6. The van der Waals surface area contributed by atoms with Crippen LogP contribution in [0.5, 0.6) is 11.5 Å². The van der Waals surface area contributed by atoms with Crippen molar-refractivity contribution in [3.05, 3.63) is 58.6 Å². The average molecular weight is 434 g/mol. The van der Waals surface area contributed by atoms with Crippen molar-refractivity contribution in [2.24, 2.45) is 0 Å². The number of carbonyl (C=O) groups excluding carboxylic acids is 3. The molecule has 0 bridgehead atoms. The maximum absolute atomic E-state index is 12.1. The molecule has 0 aliphatic carbocycles. The standard InChI is InChI=1S/C22H24ClNO6/c1-3-4-11-29-17-8-5-15(6-9-17)22(27)24-13-21(26)30-14-19(25)16-7-10-20(28-2)18(23)12-16/h5-10,12H,3-4,11,13-14H2,1-2H3,(H,24,27). The zero-order valence-electron chi connectivity index (χ0n) is 16.9. The predicted octanol–water partition coefficient (Wildman–Crippen LogP) is 3.68. The number of rotatable bonds is 11. The maximum Gasteiger partial charge on any atom is 0.325 e. The van der Waals surface area contributed by atoms with E-state index in [0.29, 0.717) is 29.2 Å². The minimum atomic E-state index is -0.726. The predicted molar refractivity (Wildman–Crippen MR) is 112 cm³/mol. The number of halogens is 1. The van der Waals surface area contributed by atoms with Crippen LogP contribution in [0, 0.1) is 0 Å². The molecule has 0 aromatic heterocycles. The van der Waals surface area contributed by atoms with Crippen LogP contribution >= 0.6 is 11.6 Å². The van der Waals surface area contributed by atoms with Gasteiger partial charge in [0.25, 0.3) is 5.91 Å². The van der Waals surface area contributed by atoms with E-state index in [4.69, 9.17) is 25.8 Å². The van der Waals surface area contributed by atoms with Gasteiger partial charge in [-0.1, -0.05) is 24.9 Å². The summed E-state index contributed by atoms with van der Waals surface area (Å²) in [6.45, 7) is 1.88. The lowest BCUT2D eigenvalue weighted by atomic mass is 10.1. The summed E-state index contributed by atoms with van der Waals surface area (Å²) in [7, 11) is 1.47. The summed E-state index contributed by atoms with van der Waals surface area (Å²) in [6.07, 6.45) is 1.99. The molecular formula is C22H24ClNO6. The number of Topliss-reactive ketones (excluding diaryl/α,β-unsaturated/α-hetero) is 1. The van der Waals surface area contributed by atoms with Crippen LogP contribution in [0.2, 0.25) is 5.02 Å². The topological polar surface area (TPSA) is 90.9 Å². The maximum atomic E-state index is 12.1. The van der Waals surface area contributed by atoms with E-state index in [-0.39, 0.29) is 11.6 Å². The fourth-order valence-corrected chi connectivity index (χ4v) is 2.67. The van der Waals surface area contributed by atoms with Crippen LogP contribution in [-0.2, 0) is 9.53 Å². The molecule has 0 heterocycles. The molecule has 1 N–H and O–H groups in total. The monoisotopic (exact) mass is 433 g/mol. The molecule has 2 aromatic rings. The summed E-state index contributed by atoms with van der Waals surface area (Å²) < 4.78 is 15.5. The molecule has 0 aliphatic heterocycles. The lowest BCUT2D eigenvalue weighted by Gasteiger charge is -2.08. The van der Waals surface area contributed by atoms with Crippen LogP contribution in [0.15, 0.2) is 42.5 Å². The summed E-state index contributed by atoms with van der Waals surface area (Å²) in [5.41, 5.74) is 0.675. The van der Waals surface area contributed by atoms with Crippen LogP contribution in [-0.4, -0.2) is 44.5 Å². The first-order valence-corrected chi connectivity index (χ1v) is 9.85. The van der Waals surface area contributed by atoms with E-state index in [2.05, 4.69) is 12.2 Å². The smallest absolute Gasteiger partial charge is 0.325 e. The first kappa shape index (κ1) is 23.2. The average Bonchev–Trinajstić information content (AvgIpc) is 2.76. The Kier molecular flexibility index (Phi) is 9.15. The van der Waals surface area contributed by atoms with Crippen LogP contribution < -0.4 is 14.8 Å². The molecule has 2 rings (SSSR count). The van der Waals surface area contributed by atoms with Crippen molar-refractivity contribution in [1.82, 2.24) is 5.32 Å². The Bertz CT molecular complexity index is 882. The highest BCUT2D eigenvalue weighted by Crippen LogP contribution is 2.25. The molecule has 7 nitrogen and oxygen atoms in total. The number of amides is 1. The third-order valence-electron chi connectivity index (χ3n) is 4.11. The number of carbonyl (C=O) groups is 3. The van der Waals surface area contributed by atoms with Crippen LogP contribution in [0.4, 0.5) is 0 Å². The highest BCUT2D eigenvalue weighted by atomic mass is 35.5. The van der Waals surface area contributed by atoms with Gasteiger partial charge < -0.3 is 19.5 Å². The van der Waals surface area contributed by atoms with Gasteiger partial charge in [0.1, 0.15) is 18.0 Å². The molecule has 0 atom stereocenters. The summed E-state index contributed by atoms with van der Waals surface area (Å²) in [6, 6.07) is 11.1. The quantitative estimate of drug-likeness (QED) is 0.330. The SMILES string of the molecule is CCCCOc1ccc(C(=O)NCC(=O)OCC(=O)c2ccc(OC)c(Cl)c2)cc1. The lowest BCUT2D eigenvalue weighted by molar-refractivity contribution is -0.141. The largest absolute Gasteiger partial charge is 0.495 e. The second-order valence-electron chi connectivity index (χ2n) is 6.34. The van der Waals surface area contributed by atoms with Crippen LogP contribution in [0.3, 0.4) is 0 Å². The minimum Gasteiger partial charge on any atom is -0.495 e. The Morgan fingerprint density at radius 2 is 1.73 bits per heavy atom. The second kappa shape index (κ2) is 11.8. The van der Waals surface area contributed by atoms with Gasteiger partial charge in [-0.2, -0.15) is 0 Å². The van der Waals surface area contributed by atoms with Gasteiger partial charge in [0.05, 0.1) is 18.7 Å². The molecule has 0 unspecified atom stereocenters. The van der Waals surface area contributed by atoms with Gasteiger partial charge >= 0.3 is 5.97 Å². The number of ketones is 1. The van der Waals surface area contributed by atoms with E-state index in [1.165, 1.54) is 19.2 Å². The Labute approximate surface area is 180 Å². The third kappa shape index (κ3) is 7.08. The molecule has 0 fully saturated rings. The normalized spacial score (nSPS) is 10.2. The summed E-state index contributed by atoms with van der Waals surface area (Å²) in [5.74, 6) is -0.459. The van der Waals surface area contributed by atoms with Crippen molar-refractivity contribution in [2.45, 2.75) is 19.8 Å². The molecule has 0 spiro atoms. The fourth-order valence-electron chi connectivity index (χ4n) is 2.41. The van der Waals surface area contributed by atoms with Gasteiger partial charge in [0.2, 0.25) is 0 Å². The van der Waals surface area contributed by atoms with Gasteiger partial charge in [-0.25, -0.2) is 0 Å². The van der Waals surface area contributed by atoms with E-state index in [0.717, 1.165) is 12.8 Å². The number of ether oxygens (including phenoxy) is 3. The van der Waals surface area contributed by atoms with E-state index >= 15 is 0 Å². The highest BCUT2D eigenvalue weighted by molar-refractivity contribution is 6.32. The van der Waals surface area contributed by atoms with Gasteiger partial charge in [0, 0.05) is 11.1 Å². The first-order valence-electron chi connectivity index (χ1n) is 9.48. The molecule has 0 saturated carbocycles. The van der Waals surface area contributed by atoms with Gasteiger partial charge in [-0.15, -0.1) is 0 Å². The van der Waals surface area contributed by atoms with E-state index in [9.17, 15) is 14.4 Å². The van der Waals surface area contributed by atoms with Crippen LogP contribution in [0.25, 0.3) is 0 Å². The van der Waals surface area contributed by atoms with E-state index in [1.807, 2.05) is 0 Å². The molecule has 160 valence electrons. The zero-order valence-corrected chi connectivity index (χ0v) is 17.7. The minimum absolute atomic E-state index is 0.281. The van der Waals surface area contributed by atoms with Crippen LogP contribution in [0.1, 0.15) is 40.5 Å². The number of methoxy groups -OCH3 is 1. The molecule has 0 saturated heterocycles. The van der Waals surface area contributed by atoms with Crippen molar-refractivity contribution in [3.63, 3.8) is 0 Å². The number of unbranched alkanes of at least 4 members (excludes halogenated alkanes) is 1. The zero-order chi connectivity index (χ0) is 21.9. The number of esters is 1. The van der Waals surface area contributed by atoms with E-state index in [1.54, 1.807) is 30.3 Å². The van der Waals surface area contributed by atoms with E-state index < -0.39 is 24.3 Å². The Balaban J connectivity index is 1.76. The Morgan fingerprint density at radius 1 is 1.03 bits per heavy atom. The lowest BCUT2D eigenvalue weighted by Crippen LogP contribution is -2.31. The first-order chi connectivity index (χ1) is 14.4. The van der Waals surface area contributed by atoms with Gasteiger partial charge in [0.15, 0.2) is 12.4 Å². The number of hydrogen-bond donors (Lipinski definition) is 1. The van der Waals surface area contributed by atoms with Crippen molar-refractivity contribution in [2.75, 3.05) is 26.9 Å². The molecule has 30 heavy (non-hydrogen) atoms. The van der Waals surface area contributed by atoms with Crippen molar-refractivity contribution >= 4 is 29.3 Å².